The van der Waals surface area contributed by atoms with E-state index in [0.717, 1.165) is 18.4 Å². The van der Waals surface area contributed by atoms with Gasteiger partial charge in [0.05, 0.1) is 25.2 Å². The summed E-state index contributed by atoms with van der Waals surface area (Å²) in [6.07, 6.45) is 3.32. The zero-order chi connectivity index (χ0) is 20.8. The molecule has 7 nitrogen and oxygen atoms in total. The van der Waals surface area contributed by atoms with Gasteiger partial charge in [-0.3, -0.25) is 9.36 Å². The Bertz CT molecular complexity index is 1350. The molecule has 1 fully saturated rings. The molecule has 0 bridgehead atoms. The van der Waals surface area contributed by atoms with Crippen LogP contribution >= 0.6 is 0 Å². The van der Waals surface area contributed by atoms with Crippen molar-refractivity contribution in [2.24, 2.45) is 0 Å². The number of imidazole rings is 1. The van der Waals surface area contributed by atoms with Crippen LogP contribution in [-0.2, 0) is 0 Å². The second-order valence-electron chi connectivity index (χ2n) is 7.64. The van der Waals surface area contributed by atoms with Gasteiger partial charge >= 0.3 is 5.69 Å². The van der Waals surface area contributed by atoms with Crippen molar-refractivity contribution < 1.29 is 4.74 Å². The molecule has 2 heterocycles. The first kappa shape index (κ1) is 18.4. The number of ether oxygens (including phenoxy) is 1. The van der Waals surface area contributed by atoms with Crippen LogP contribution in [0.25, 0.3) is 16.9 Å². The van der Waals surface area contributed by atoms with E-state index in [-0.39, 0.29) is 23.3 Å². The number of methoxy groups -OCH3 is 1. The lowest BCUT2D eigenvalue weighted by Gasteiger charge is -2.16. The van der Waals surface area contributed by atoms with Crippen LogP contribution in [0.5, 0.6) is 5.75 Å². The van der Waals surface area contributed by atoms with Gasteiger partial charge in [-0.2, -0.15) is 0 Å². The molecule has 30 heavy (non-hydrogen) atoms. The van der Waals surface area contributed by atoms with E-state index in [0.29, 0.717) is 22.6 Å². The molecule has 0 saturated heterocycles. The van der Waals surface area contributed by atoms with Gasteiger partial charge in [0, 0.05) is 12.1 Å². The lowest BCUT2D eigenvalue weighted by Crippen LogP contribution is -2.39. The van der Waals surface area contributed by atoms with Crippen LogP contribution in [-0.4, -0.2) is 25.8 Å². The maximum absolute atomic E-state index is 13.4. The third-order valence-corrected chi connectivity index (χ3v) is 5.73. The summed E-state index contributed by atoms with van der Waals surface area (Å²) in [4.78, 5) is 31.3. The van der Waals surface area contributed by atoms with E-state index in [9.17, 15) is 9.59 Å². The Hall–Kier alpha value is -3.61. The van der Waals surface area contributed by atoms with Crippen LogP contribution in [0.15, 0.2) is 70.5 Å². The van der Waals surface area contributed by atoms with Crippen LogP contribution < -0.4 is 16.0 Å². The highest BCUT2D eigenvalue weighted by molar-refractivity contribution is 5.73. The number of rotatable bonds is 5. The van der Waals surface area contributed by atoms with Gasteiger partial charge in [0.25, 0.3) is 5.56 Å². The Kier molecular flexibility index (Phi) is 4.31. The van der Waals surface area contributed by atoms with Crippen molar-refractivity contribution in [3.05, 3.63) is 87.3 Å². The summed E-state index contributed by atoms with van der Waals surface area (Å²) in [5, 5.41) is 0. The Balaban J connectivity index is 1.82. The normalized spacial score (nSPS) is 14.7. The standard InChI is InChI=1S/C23H22N4O3/c1-15(16-7-4-3-5-8-16)25-14-24-21-20(25)22(28)27(17-11-12-17)23(29)26(21)18-9-6-10-19(13-18)30-2/h3-10,13-15,17H,11-12H2,1-2H3/t15-/m0/s1. The van der Waals surface area contributed by atoms with Gasteiger partial charge in [0.1, 0.15) is 5.75 Å². The molecule has 152 valence electrons. The van der Waals surface area contributed by atoms with Crippen molar-refractivity contribution in [1.29, 1.82) is 0 Å². The molecular weight excluding hydrogens is 380 g/mol. The summed E-state index contributed by atoms with van der Waals surface area (Å²) in [5.41, 5.74) is 1.83. The smallest absolute Gasteiger partial charge is 0.337 e. The highest BCUT2D eigenvalue weighted by Gasteiger charge is 2.31. The van der Waals surface area contributed by atoms with E-state index in [1.165, 1.54) is 9.13 Å². The molecule has 0 amide bonds. The van der Waals surface area contributed by atoms with E-state index >= 15 is 0 Å². The molecule has 1 aliphatic rings. The van der Waals surface area contributed by atoms with Gasteiger partial charge in [-0.25, -0.2) is 14.3 Å². The van der Waals surface area contributed by atoms with E-state index < -0.39 is 0 Å². The zero-order valence-corrected chi connectivity index (χ0v) is 16.9. The molecule has 0 unspecified atom stereocenters. The Morgan fingerprint density at radius 3 is 2.53 bits per heavy atom. The number of nitrogens with zero attached hydrogens (tertiary/aromatic N) is 4. The fourth-order valence-electron chi connectivity index (χ4n) is 3.94. The summed E-state index contributed by atoms with van der Waals surface area (Å²) >= 11 is 0. The van der Waals surface area contributed by atoms with Crippen molar-refractivity contribution in [2.75, 3.05) is 7.11 Å². The van der Waals surface area contributed by atoms with Crippen LogP contribution in [0.4, 0.5) is 0 Å². The fraction of sp³-hybridized carbons (Fsp3) is 0.261. The fourth-order valence-corrected chi connectivity index (χ4v) is 3.94. The Labute approximate surface area is 172 Å². The number of hydrogen-bond acceptors (Lipinski definition) is 4. The highest BCUT2D eigenvalue weighted by Crippen LogP contribution is 2.33. The van der Waals surface area contributed by atoms with Gasteiger partial charge in [-0.1, -0.05) is 36.4 Å². The van der Waals surface area contributed by atoms with Crippen LogP contribution in [0.1, 0.15) is 37.4 Å². The Morgan fingerprint density at radius 1 is 1.07 bits per heavy atom. The predicted octanol–water partition coefficient (Wildman–Crippen LogP) is 3.30. The molecule has 0 aliphatic heterocycles. The van der Waals surface area contributed by atoms with Gasteiger partial charge in [0.2, 0.25) is 0 Å². The van der Waals surface area contributed by atoms with E-state index in [2.05, 4.69) is 4.98 Å². The van der Waals surface area contributed by atoms with Crippen molar-refractivity contribution in [3.8, 4) is 11.4 Å². The summed E-state index contributed by atoms with van der Waals surface area (Å²) < 4.78 is 10.1. The number of fused-ring (bicyclic) bond motifs is 1. The average molecular weight is 402 g/mol. The number of hydrogen-bond donors (Lipinski definition) is 0. The first-order valence-electron chi connectivity index (χ1n) is 10.0. The van der Waals surface area contributed by atoms with Crippen molar-refractivity contribution >= 4 is 11.2 Å². The van der Waals surface area contributed by atoms with Crippen molar-refractivity contribution in [3.63, 3.8) is 0 Å². The second-order valence-corrected chi connectivity index (χ2v) is 7.64. The molecule has 4 aromatic rings. The van der Waals surface area contributed by atoms with Gasteiger partial charge in [0.15, 0.2) is 11.2 Å². The molecule has 2 aromatic heterocycles. The lowest BCUT2D eigenvalue weighted by atomic mass is 10.1. The van der Waals surface area contributed by atoms with Gasteiger partial charge < -0.3 is 9.30 Å². The summed E-state index contributed by atoms with van der Waals surface area (Å²) in [6.45, 7) is 2.03. The zero-order valence-electron chi connectivity index (χ0n) is 16.9. The highest BCUT2D eigenvalue weighted by atomic mass is 16.5. The SMILES string of the molecule is COc1cccc(-n2c(=O)n(C3CC3)c(=O)c3c2ncn3[C@@H](C)c2ccccc2)c1. The average Bonchev–Trinajstić information content (AvgIpc) is 3.51. The predicted molar refractivity (Wildman–Crippen MR) is 115 cm³/mol. The maximum Gasteiger partial charge on any atom is 0.337 e. The van der Waals surface area contributed by atoms with Gasteiger partial charge in [-0.15, -0.1) is 0 Å². The molecule has 2 aromatic carbocycles. The molecular formula is C23H22N4O3. The maximum atomic E-state index is 13.4. The van der Waals surface area contributed by atoms with Crippen LogP contribution in [0, 0.1) is 0 Å². The minimum Gasteiger partial charge on any atom is -0.497 e. The minimum atomic E-state index is -0.360. The van der Waals surface area contributed by atoms with Crippen molar-refractivity contribution in [2.45, 2.75) is 31.8 Å². The topological polar surface area (TPSA) is 71.1 Å². The molecule has 1 aliphatic carbocycles. The van der Waals surface area contributed by atoms with E-state index in [4.69, 9.17) is 4.74 Å². The molecule has 0 spiro atoms. The molecule has 1 saturated carbocycles. The summed E-state index contributed by atoms with van der Waals surface area (Å²) in [7, 11) is 1.58. The van der Waals surface area contributed by atoms with Crippen LogP contribution in [0.3, 0.4) is 0 Å². The molecule has 7 heteroatoms. The molecule has 1 atom stereocenters. The monoisotopic (exact) mass is 402 g/mol. The quantitative estimate of drug-likeness (QED) is 0.514. The third-order valence-electron chi connectivity index (χ3n) is 5.73. The first-order chi connectivity index (χ1) is 14.6. The van der Waals surface area contributed by atoms with Crippen LogP contribution in [0.2, 0.25) is 0 Å². The third kappa shape index (κ3) is 2.85. The number of benzene rings is 2. The minimum absolute atomic E-state index is 0.0540. The molecule has 0 N–H and O–H groups in total. The Morgan fingerprint density at radius 2 is 1.83 bits per heavy atom. The second kappa shape index (κ2) is 7.02. The summed E-state index contributed by atoms with van der Waals surface area (Å²) in [6, 6.07) is 17.0. The first-order valence-corrected chi connectivity index (χ1v) is 10.0. The van der Waals surface area contributed by atoms with E-state index in [1.807, 2.05) is 60.0 Å². The molecule has 0 radical (unpaired) electrons. The summed E-state index contributed by atoms with van der Waals surface area (Å²) in [5.74, 6) is 0.633. The van der Waals surface area contributed by atoms with Gasteiger partial charge in [-0.05, 0) is 37.5 Å². The number of aromatic nitrogens is 4. The molecule has 5 rings (SSSR count). The largest absolute Gasteiger partial charge is 0.497 e. The lowest BCUT2D eigenvalue weighted by molar-refractivity contribution is 0.414. The van der Waals surface area contributed by atoms with E-state index in [1.54, 1.807) is 19.5 Å². The van der Waals surface area contributed by atoms with Crippen molar-refractivity contribution in [1.82, 2.24) is 18.7 Å².